The Kier molecular flexibility index (Phi) is 5.08. The quantitative estimate of drug-likeness (QED) is 0.336. The highest BCUT2D eigenvalue weighted by atomic mass is 32.2. The van der Waals surface area contributed by atoms with Crippen LogP contribution < -0.4 is 11.1 Å². The Balaban J connectivity index is 1.76. The number of anilines is 1. The first-order chi connectivity index (χ1) is 12.4. The molecule has 1 aromatic heterocycles. The van der Waals surface area contributed by atoms with Gasteiger partial charge in [0.1, 0.15) is 22.8 Å². The second-order valence-corrected chi connectivity index (χ2v) is 7.07. The molecule has 4 N–H and O–H groups in total. The van der Waals surface area contributed by atoms with Crippen LogP contribution in [0.3, 0.4) is 0 Å². The fourth-order valence-corrected chi connectivity index (χ4v) is 4.18. The second kappa shape index (κ2) is 7.29. The minimum atomic E-state index is -1.25. The number of nitrogens with one attached hydrogen (secondary N) is 1. The summed E-state index contributed by atoms with van der Waals surface area (Å²) in [5, 5.41) is 16.0. The Hall–Kier alpha value is -2.67. The molecule has 3 rings (SSSR count). The van der Waals surface area contributed by atoms with Crippen LogP contribution in [0.15, 0.2) is 22.3 Å². The van der Waals surface area contributed by atoms with E-state index in [1.54, 1.807) is 0 Å². The molecule has 0 bridgehead atoms. The van der Waals surface area contributed by atoms with E-state index in [1.165, 1.54) is 23.2 Å². The second-order valence-electron chi connectivity index (χ2n) is 5.03. The molecule has 0 spiro atoms. The molecule has 1 fully saturated rings. The number of alkyl halides is 1. The number of fused-ring (bicyclic) bond motifs is 1. The number of thioether (sulfide) groups is 1. The van der Waals surface area contributed by atoms with Gasteiger partial charge in [-0.2, -0.15) is 0 Å². The van der Waals surface area contributed by atoms with Gasteiger partial charge in [-0.05, 0) is 6.08 Å². The smallest absolute Gasteiger partial charge is 0.352 e. The summed E-state index contributed by atoms with van der Waals surface area (Å²) in [6, 6.07) is -0.942. The van der Waals surface area contributed by atoms with Crippen molar-refractivity contribution >= 4 is 51.7 Å². The van der Waals surface area contributed by atoms with Gasteiger partial charge < -0.3 is 21.0 Å². The van der Waals surface area contributed by atoms with Crippen molar-refractivity contribution in [2.24, 2.45) is 5.16 Å². The molecule has 10 nitrogen and oxygen atoms in total. The molecule has 1 aromatic rings. The zero-order valence-electron chi connectivity index (χ0n) is 12.9. The van der Waals surface area contributed by atoms with Crippen LogP contribution in [0.2, 0.25) is 0 Å². The number of carbonyl (C=O) groups is 3. The van der Waals surface area contributed by atoms with E-state index < -0.39 is 36.1 Å². The standard InChI is InChI=1S/C13H12FN5O5S2/c14-4-24-18-7(5-3-26-13(15)16-5)9(20)17-8-10(21)19-6(12(22)23)1-2-25-11(8)19/h1,3,8,11H,2,4H2,(H2,15,16)(H,17,20)(H,22,23)/t8-,11-/m1/s1. The van der Waals surface area contributed by atoms with Crippen molar-refractivity contribution in [2.75, 3.05) is 18.3 Å². The maximum atomic E-state index is 12.5. The molecule has 2 amide bonds. The Morgan fingerprint density at radius 1 is 1.58 bits per heavy atom. The molecule has 0 radical (unpaired) electrons. The van der Waals surface area contributed by atoms with E-state index in [4.69, 9.17) is 10.8 Å². The highest BCUT2D eigenvalue weighted by Crippen LogP contribution is 2.37. The number of nitrogen functional groups attached to an aromatic ring is 1. The van der Waals surface area contributed by atoms with E-state index in [9.17, 15) is 18.8 Å². The van der Waals surface area contributed by atoms with Gasteiger partial charge in [-0.1, -0.05) is 5.16 Å². The molecule has 13 heteroatoms. The van der Waals surface area contributed by atoms with Gasteiger partial charge >= 0.3 is 5.97 Å². The van der Waals surface area contributed by atoms with Crippen LogP contribution >= 0.6 is 23.1 Å². The van der Waals surface area contributed by atoms with Crippen LogP contribution in [0.5, 0.6) is 0 Å². The first kappa shape index (κ1) is 18.1. The van der Waals surface area contributed by atoms with E-state index in [0.29, 0.717) is 5.75 Å². The molecule has 0 saturated carbocycles. The molecule has 0 unspecified atom stereocenters. The largest absolute Gasteiger partial charge is 0.477 e. The lowest BCUT2D eigenvalue weighted by atomic mass is 10.0. The molecule has 0 aliphatic carbocycles. The lowest BCUT2D eigenvalue weighted by molar-refractivity contribution is -0.150. The van der Waals surface area contributed by atoms with Gasteiger partial charge in [-0.15, -0.1) is 23.1 Å². The molecule has 138 valence electrons. The van der Waals surface area contributed by atoms with E-state index in [0.717, 1.165) is 16.2 Å². The lowest BCUT2D eigenvalue weighted by Crippen LogP contribution is -2.70. The zero-order valence-corrected chi connectivity index (χ0v) is 14.6. The lowest BCUT2D eigenvalue weighted by Gasteiger charge is -2.48. The summed E-state index contributed by atoms with van der Waals surface area (Å²) < 4.78 is 12.3. The number of carbonyl (C=O) groups excluding carboxylic acids is 2. The highest BCUT2D eigenvalue weighted by molar-refractivity contribution is 8.00. The van der Waals surface area contributed by atoms with Crippen molar-refractivity contribution in [3.05, 3.63) is 22.8 Å². The van der Waals surface area contributed by atoms with Crippen molar-refractivity contribution in [3.8, 4) is 0 Å². The van der Waals surface area contributed by atoms with E-state index >= 15 is 0 Å². The van der Waals surface area contributed by atoms with Crippen LogP contribution in [0.1, 0.15) is 5.69 Å². The van der Waals surface area contributed by atoms with Crippen molar-refractivity contribution in [1.82, 2.24) is 15.2 Å². The third-order valence-corrected chi connectivity index (χ3v) is 5.39. The van der Waals surface area contributed by atoms with Crippen LogP contribution in [0, 0.1) is 0 Å². The van der Waals surface area contributed by atoms with Gasteiger partial charge in [0.2, 0.25) is 0 Å². The Morgan fingerprint density at radius 3 is 2.96 bits per heavy atom. The number of amides is 2. The van der Waals surface area contributed by atoms with Gasteiger partial charge in [0, 0.05) is 11.1 Å². The first-order valence-corrected chi connectivity index (χ1v) is 9.03. The number of aliphatic carboxylic acids is 1. The summed E-state index contributed by atoms with van der Waals surface area (Å²) in [5.74, 6) is -2.21. The van der Waals surface area contributed by atoms with Crippen molar-refractivity contribution in [2.45, 2.75) is 11.4 Å². The summed E-state index contributed by atoms with van der Waals surface area (Å²) in [7, 11) is 0. The van der Waals surface area contributed by atoms with Crippen LogP contribution in [-0.2, 0) is 19.2 Å². The van der Waals surface area contributed by atoms with Crippen LogP contribution in [-0.4, -0.2) is 62.5 Å². The number of nitrogens with two attached hydrogens (primary N) is 1. The number of carboxylic acid groups (broad SMARTS) is 1. The molecular weight excluding hydrogens is 389 g/mol. The molecule has 2 aliphatic rings. The number of hydrogen-bond acceptors (Lipinski definition) is 9. The summed E-state index contributed by atoms with van der Waals surface area (Å²) in [6.45, 7) is -1.25. The predicted molar refractivity (Wildman–Crippen MR) is 90.9 cm³/mol. The van der Waals surface area contributed by atoms with Crippen LogP contribution in [0.4, 0.5) is 9.52 Å². The molecule has 2 atom stereocenters. The Labute approximate surface area is 153 Å². The number of thiazole rings is 1. The Morgan fingerprint density at radius 2 is 2.35 bits per heavy atom. The number of aromatic nitrogens is 1. The van der Waals surface area contributed by atoms with E-state index in [-0.39, 0.29) is 22.2 Å². The average Bonchev–Trinajstić information content (AvgIpc) is 3.05. The molecule has 2 aliphatic heterocycles. The van der Waals surface area contributed by atoms with Gasteiger partial charge in [0.05, 0.1) is 0 Å². The zero-order chi connectivity index (χ0) is 18.8. The van der Waals surface area contributed by atoms with E-state index in [1.807, 2.05) is 0 Å². The predicted octanol–water partition coefficient (Wildman–Crippen LogP) is -0.259. The number of rotatable bonds is 6. The summed E-state index contributed by atoms with van der Waals surface area (Å²) in [4.78, 5) is 45.2. The summed E-state index contributed by atoms with van der Waals surface area (Å²) in [5.41, 5.74) is 5.13. The molecular formula is C13H12FN5O5S2. The number of halogens is 1. The topological polar surface area (TPSA) is 147 Å². The number of carboxylic acids is 1. The van der Waals surface area contributed by atoms with Gasteiger partial charge in [-0.3, -0.25) is 14.5 Å². The minimum absolute atomic E-state index is 0.0736. The normalized spacial score (nSPS) is 22.2. The fourth-order valence-electron chi connectivity index (χ4n) is 2.44. The fraction of sp³-hybridized carbons (Fsp3) is 0.308. The van der Waals surface area contributed by atoms with Crippen molar-refractivity contribution in [3.63, 3.8) is 0 Å². The molecule has 1 saturated heterocycles. The van der Waals surface area contributed by atoms with Crippen LogP contribution in [0.25, 0.3) is 0 Å². The van der Waals surface area contributed by atoms with Gasteiger partial charge in [0.25, 0.3) is 18.7 Å². The van der Waals surface area contributed by atoms with Gasteiger partial charge in [-0.25, -0.2) is 14.2 Å². The third kappa shape index (κ3) is 3.22. The monoisotopic (exact) mass is 401 g/mol. The third-order valence-electron chi connectivity index (χ3n) is 3.54. The summed E-state index contributed by atoms with van der Waals surface area (Å²) >= 11 is 2.35. The minimum Gasteiger partial charge on any atom is -0.477 e. The number of β-lactam (4-membered cyclic amide) rings is 1. The first-order valence-electron chi connectivity index (χ1n) is 7.10. The van der Waals surface area contributed by atoms with Gasteiger partial charge in [0.15, 0.2) is 10.8 Å². The van der Waals surface area contributed by atoms with Crippen molar-refractivity contribution in [1.29, 1.82) is 0 Å². The maximum absolute atomic E-state index is 12.5. The SMILES string of the molecule is Nc1nc(C(=NOCF)C(=O)N[C@@H]2C(=O)N3C(C(=O)O)=CCS[C@H]23)cs1. The average molecular weight is 401 g/mol. The number of hydrogen-bond donors (Lipinski definition) is 3. The molecule has 3 heterocycles. The summed E-state index contributed by atoms with van der Waals surface area (Å²) in [6.07, 6.45) is 1.43. The molecule has 26 heavy (non-hydrogen) atoms. The number of oxime groups is 1. The number of nitrogens with zero attached hydrogens (tertiary/aromatic N) is 3. The Bertz CT molecular complexity index is 826. The van der Waals surface area contributed by atoms with E-state index in [2.05, 4.69) is 20.3 Å². The molecule has 0 aromatic carbocycles. The van der Waals surface area contributed by atoms with Crippen molar-refractivity contribution < 1.29 is 28.7 Å². The highest BCUT2D eigenvalue weighted by Gasteiger charge is 2.53. The maximum Gasteiger partial charge on any atom is 0.352 e.